The average Bonchev–Trinajstić information content (AvgIpc) is 1.77. The molecule has 6 saturated heterocycles. The number of methoxy groups -OCH3 is 3. The average molecular weight is 1210 g/mol. The summed E-state index contributed by atoms with van der Waals surface area (Å²) in [6.45, 7) is 32.4. The predicted octanol–water partition coefficient (Wildman–Crippen LogP) is 13.9. The number of Topliss-reactive ketones (excluding diaryl/α,β-unsaturated/α-hetero) is 1. The van der Waals surface area contributed by atoms with Gasteiger partial charge in [0.2, 0.25) is 0 Å². The van der Waals surface area contributed by atoms with Crippen LogP contribution in [-0.4, -0.2) is 124 Å². The van der Waals surface area contributed by atoms with Gasteiger partial charge in [-0.2, -0.15) is 0 Å². The molecule has 3 aromatic rings. The normalized spacial score (nSPS) is 37.4. The van der Waals surface area contributed by atoms with Crippen molar-refractivity contribution < 1.29 is 47.4 Å². The topological polar surface area (TPSA) is 120 Å². The summed E-state index contributed by atoms with van der Waals surface area (Å²) < 4.78 is 52.7. The first kappa shape index (κ1) is 64.6. The summed E-state index contributed by atoms with van der Waals surface area (Å²) in [4.78, 5) is 12.2. The van der Waals surface area contributed by atoms with Crippen LogP contribution in [0.2, 0.25) is 0 Å². The number of allylic oxidation sites excluding steroid dienone is 3. The van der Waals surface area contributed by atoms with Gasteiger partial charge in [0.1, 0.15) is 39.7 Å². The Kier molecular flexibility index (Phi) is 19.5. The molecule has 0 aromatic heterocycles. The van der Waals surface area contributed by atoms with Gasteiger partial charge in [-0.1, -0.05) is 55.5 Å². The van der Waals surface area contributed by atoms with Crippen molar-refractivity contribution in [2.24, 2.45) is 17.8 Å². The number of hydrogen-bond acceptors (Lipinski definition) is 10. The molecular weight excluding hydrogens is 1110 g/mol. The van der Waals surface area contributed by atoms with E-state index in [0.29, 0.717) is 6.42 Å². The zero-order chi connectivity index (χ0) is 58.4. The molecule has 15 atom stereocenters. The van der Waals surface area contributed by atoms with Crippen LogP contribution in [0.25, 0.3) is 0 Å². The number of carbonyl (C=O) groups excluding carboxylic acids is 1. The van der Waals surface area contributed by atoms with Crippen LogP contribution >= 0.6 is 20.8 Å². The van der Waals surface area contributed by atoms with Crippen LogP contribution in [0.5, 0.6) is 0 Å². The minimum atomic E-state index is -2.56. The van der Waals surface area contributed by atoms with Gasteiger partial charge in [-0.15, -0.1) is 0 Å². The van der Waals surface area contributed by atoms with Crippen molar-refractivity contribution in [3.63, 3.8) is 0 Å². The van der Waals surface area contributed by atoms with Crippen molar-refractivity contribution in [2.45, 2.75) is 198 Å². The van der Waals surface area contributed by atoms with Gasteiger partial charge in [-0.25, -0.2) is 0 Å². The summed E-state index contributed by atoms with van der Waals surface area (Å²) in [5.41, 5.74) is 5.59. The van der Waals surface area contributed by atoms with E-state index in [1.165, 1.54) is 43.8 Å². The Morgan fingerprint density at radius 1 is 0.524 bits per heavy atom. The summed E-state index contributed by atoms with van der Waals surface area (Å²) in [5, 5.41) is 1.48. The van der Waals surface area contributed by atoms with Gasteiger partial charge in [0, 0.05) is 27.8 Å². The first-order chi connectivity index (χ1) is 38.4. The standard InChI is InChI=1S/C19H18BrP.2C17H26O3.C16H24O4.CH4/c1-21(20,17-11-5-2-6-12-17,18-13-7-3-8-14-18)19-15-9-4-10-16-19;2*1-11(2)6-7-13-16(4,20-13)15-14(18-5)12(3)8-9-17(15)10-19-17;1-10(2)5-6-12-15(3,20-12)14-13(18-4)11(17)7-8-16(14)9-19-16;/h2-16H,1H3;2*6,13-15H,3,7-10H2,1-2,4-5H3;5,12-14H,6-9H2,1-4H3;1H4/t;2*13-,14-,15-,16+,17+;12-,13-,14-,15+,16+;/m.111./s1. The Morgan fingerprint density at radius 2 is 0.793 bits per heavy atom. The van der Waals surface area contributed by atoms with Crippen LogP contribution in [0, 0.1) is 17.8 Å². The summed E-state index contributed by atoms with van der Waals surface area (Å²) in [7, 11) is 5.18. The van der Waals surface area contributed by atoms with Crippen LogP contribution in [0.15, 0.2) is 150 Å². The van der Waals surface area contributed by atoms with Gasteiger partial charge in [-0.3, -0.25) is 4.79 Å². The molecule has 12 rings (SSSR count). The second-order valence-corrected chi connectivity index (χ2v) is 35.8. The van der Waals surface area contributed by atoms with Gasteiger partial charge < -0.3 is 42.6 Å². The van der Waals surface area contributed by atoms with E-state index in [9.17, 15) is 4.79 Å². The van der Waals surface area contributed by atoms with E-state index in [-0.39, 0.29) is 101 Å². The van der Waals surface area contributed by atoms with Crippen molar-refractivity contribution in [3.05, 3.63) is 150 Å². The van der Waals surface area contributed by atoms with E-state index in [4.69, 9.17) is 42.6 Å². The van der Waals surface area contributed by atoms with E-state index < -0.39 is 5.31 Å². The number of epoxide rings is 6. The first-order valence-corrected chi connectivity index (χ1v) is 34.3. The Bertz CT molecular complexity index is 2520. The molecule has 0 bridgehead atoms. The molecule has 9 fully saturated rings. The van der Waals surface area contributed by atoms with Crippen molar-refractivity contribution in [2.75, 3.05) is 47.8 Å². The SMILES string of the molecule is C.C=C1CC[C@]2(CO2)[C@@H]([C@@]2(C)O[C@@H]2CC=C(C)C)[C@@H]1OC.C=C1CC[C@]2(CO2)[C@@H]([C@@]2(C)O[C@@H]2CC=C(C)C)[C@@H]1OC.CO[C@@H]1C(=O)CC[C@]2(CO2)[C@H]1[C@@]1(C)O[C@@H]1CC=C(C)C.CP(Br)(c1ccccc1)(c1ccccc1)c1ccccc1. The maximum atomic E-state index is 12.2. The maximum absolute atomic E-state index is 12.2. The summed E-state index contributed by atoms with van der Waals surface area (Å²) in [6.07, 6.45) is 15.6. The molecule has 3 aliphatic carbocycles. The molecule has 0 amide bonds. The van der Waals surface area contributed by atoms with Crippen molar-refractivity contribution in [1.82, 2.24) is 0 Å². The molecule has 0 radical (unpaired) electrons. The third kappa shape index (κ3) is 12.7. The number of ether oxygens (including phenoxy) is 9. The third-order valence-electron chi connectivity index (χ3n) is 19.7. The van der Waals surface area contributed by atoms with E-state index in [1.807, 2.05) is 0 Å². The van der Waals surface area contributed by atoms with Gasteiger partial charge in [0.25, 0.3) is 0 Å². The molecule has 3 spiro atoms. The molecule has 450 valence electrons. The summed E-state index contributed by atoms with van der Waals surface area (Å²) >= 11 is 4.24. The van der Waals surface area contributed by atoms with Crippen LogP contribution in [0.4, 0.5) is 0 Å². The molecule has 6 aliphatic heterocycles. The minimum absolute atomic E-state index is 0. The van der Waals surface area contributed by atoms with Crippen molar-refractivity contribution in [1.29, 1.82) is 0 Å². The molecular formula is C70H98BrO10P. The molecule has 0 unspecified atom stereocenters. The third-order valence-corrected chi connectivity index (χ3v) is 28.0. The van der Waals surface area contributed by atoms with Gasteiger partial charge in [-0.05, 0) is 125 Å². The molecule has 10 nitrogen and oxygen atoms in total. The Balaban J connectivity index is 0.000000143. The van der Waals surface area contributed by atoms with Gasteiger partial charge in [0.15, 0.2) is 5.78 Å². The molecule has 3 saturated carbocycles. The number of rotatable bonds is 15. The Hall–Kier alpha value is -3.42. The fourth-order valence-electron chi connectivity index (χ4n) is 14.4. The second-order valence-electron chi connectivity index (χ2n) is 26.1. The number of hydrogen-bond donors (Lipinski definition) is 0. The summed E-state index contributed by atoms with van der Waals surface area (Å²) in [6, 6.07) is 32.3. The molecule has 82 heavy (non-hydrogen) atoms. The zero-order valence-electron chi connectivity index (χ0n) is 50.9. The number of halogens is 1. The van der Waals surface area contributed by atoms with Crippen LogP contribution in [-0.2, 0) is 47.4 Å². The molecule has 6 heterocycles. The number of ketones is 1. The van der Waals surface area contributed by atoms with Gasteiger partial charge in [0.05, 0.1) is 68.1 Å². The second kappa shape index (κ2) is 24.8. The zero-order valence-corrected chi connectivity index (χ0v) is 53.4. The number of carbonyl (C=O) groups is 1. The fourth-order valence-corrected chi connectivity index (χ4v) is 20.0. The molecule has 9 aliphatic rings. The quantitative estimate of drug-likeness (QED) is 0.0826. The van der Waals surface area contributed by atoms with E-state index in [2.05, 4.69) is 207 Å². The van der Waals surface area contributed by atoms with Crippen molar-refractivity contribution in [3.8, 4) is 0 Å². The molecule has 3 aromatic carbocycles. The fraction of sp³-hybridized carbons (Fsp3) is 0.586. The van der Waals surface area contributed by atoms with Crippen molar-refractivity contribution >= 4 is 42.5 Å². The Labute approximate surface area is 500 Å². The predicted molar refractivity (Wildman–Crippen MR) is 339 cm³/mol. The monoisotopic (exact) mass is 1210 g/mol. The van der Waals surface area contributed by atoms with E-state index in [0.717, 1.165) is 71.2 Å². The van der Waals surface area contributed by atoms with Crippen LogP contribution in [0.3, 0.4) is 0 Å². The summed E-state index contributed by atoms with van der Waals surface area (Å²) in [5.74, 6) is 0.766. The number of benzene rings is 3. The van der Waals surface area contributed by atoms with E-state index in [1.54, 1.807) is 21.3 Å². The van der Waals surface area contributed by atoms with Crippen LogP contribution < -0.4 is 15.9 Å². The Morgan fingerprint density at radius 3 is 1.05 bits per heavy atom. The van der Waals surface area contributed by atoms with Gasteiger partial charge >= 0.3 is 134 Å². The van der Waals surface area contributed by atoms with E-state index >= 15 is 0 Å². The van der Waals surface area contributed by atoms with Crippen LogP contribution in [0.1, 0.15) is 128 Å². The molecule has 12 heteroatoms. The molecule has 0 N–H and O–H groups in total. The first-order valence-electron chi connectivity index (χ1n) is 29.6.